The molecule has 0 atom stereocenters. The molecule has 0 aliphatic heterocycles. The van der Waals surface area contributed by atoms with Crippen LogP contribution in [-0.4, -0.2) is 6.54 Å². The summed E-state index contributed by atoms with van der Waals surface area (Å²) in [5.41, 5.74) is 6.46. The highest BCUT2D eigenvalue weighted by atomic mass is 19.1. The Kier molecular flexibility index (Phi) is 3.84. The average Bonchev–Trinajstić information content (AvgIpc) is 2.19. The van der Waals surface area contributed by atoms with Gasteiger partial charge in [0.2, 0.25) is 0 Å². The van der Waals surface area contributed by atoms with E-state index in [1.165, 1.54) is 6.07 Å². The van der Waals surface area contributed by atoms with E-state index in [1.54, 1.807) is 24.3 Å². The van der Waals surface area contributed by atoms with Crippen molar-refractivity contribution in [2.45, 2.75) is 6.42 Å². The fourth-order valence-corrected chi connectivity index (χ4v) is 1.10. The third-order valence-electron chi connectivity index (χ3n) is 1.79. The van der Waals surface area contributed by atoms with Gasteiger partial charge in [-0.2, -0.15) is 5.26 Å². The van der Waals surface area contributed by atoms with Gasteiger partial charge in [-0.25, -0.2) is 4.39 Å². The van der Waals surface area contributed by atoms with Crippen molar-refractivity contribution in [3.8, 4) is 6.07 Å². The van der Waals surface area contributed by atoms with Crippen molar-refractivity contribution in [3.05, 3.63) is 41.2 Å². The molecule has 0 spiro atoms. The average molecular weight is 190 g/mol. The maximum absolute atomic E-state index is 13.2. The molecule has 0 saturated carbocycles. The van der Waals surface area contributed by atoms with Gasteiger partial charge in [0.15, 0.2) is 0 Å². The van der Waals surface area contributed by atoms with Crippen molar-refractivity contribution in [3.63, 3.8) is 0 Å². The Bertz CT molecular complexity index is 377. The number of hydrogen-bond acceptors (Lipinski definition) is 2. The molecule has 0 fully saturated rings. The van der Waals surface area contributed by atoms with Crippen LogP contribution in [0.3, 0.4) is 0 Å². The zero-order valence-electron chi connectivity index (χ0n) is 7.70. The van der Waals surface area contributed by atoms with E-state index in [4.69, 9.17) is 11.0 Å². The van der Waals surface area contributed by atoms with Crippen LogP contribution in [-0.2, 0) is 6.42 Å². The second-order valence-corrected chi connectivity index (χ2v) is 2.82. The van der Waals surface area contributed by atoms with Gasteiger partial charge >= 0.3 is 0 Å². The lowest BCUT2D eigenvalue weighted by molar-refractivity contribution is 0.615. The number of nitrogens with two attached hydrogens (primary N) is 1. The maximum Gasteiger partial charge on any atom is 0.128 e. The molecule has 0 amide bonds. The van der Waals surface area contributed by atoms with Gasteiger partial charge in [0.1, 0.15) is 5.82 Å². The van der Waals surface area contributed by atoms with Crippen LogP contribution in [0.4, 0.5) is 4.39 Å². The van der Waals surface area contributed by atoms with Crippen molar-refractivity contribution in [1.29, 1.82) is 5.26 Å². The smallest absolute Gasteiger partial charge is 0.128 e. The molecule has 14 heavy (non-hydrogen) atoms. The fourth-order valence-electron chi connectivity index (χ4n) is 1.10. The molecule has 0 heterocycles. The molecule has 0 saturated heterocycles. The molecule has 0 aliphatic rings. The highest BCUT2D eigenvalue weighted by Crippen LogP contribution is 2.11. The Hall–Kier alpha value is -1.66. The molecule has 1 rings (SSSR count). The molecule has 1 aromatic carbocycles. The van der Waals surface area contributed by atoms with E-state index >= 15 is 0 Å². The molecule has 0 aliphatic carbocycles. The summed E-state index contributed by atoms with van der Waals surface area (Å²) in [7, 11) is 0. The van der Waals surface area contributed by atoms with Crippen molar-refractivity contribution < 1.29 is 4.39 Å². The zero-order valence-corrected chi connectivity index (χ0v) is 7.70. The van der Waals surface area contributed by atoms with Crippen molar-refractivity contribution in [2.24, 2.45) is 5.73 Å². The van der Waals surface area contributed by atoms with E-state index in [0.29, 0.717) is 12.1 Å². The topological polar surface area (TPSA) is 49.8 Å². The number of hydrogen-bond donors (Lipinski definition) is 1. The summed E-state index contributed by atoms with van der Waals surface area (Å²) in [5.74, 6) is -0.342. The number of nitriles is 1. The van der Waals surface area contributed by atoms with Crippen LogP contribution >= 0.6 is 0 Å². The Labute approximate surface area is 82.5 Å². The normalized spacial score (nSPS) is 10.4. The zero-order chi connectivity index (χ0) is 10.4. The summed E-state index contributed by atoms with van der Waals surface area (Å²) in [6.07, 6.45) is 3.60. The fraction of sp³-hybridized carbons (Fsp3) is 0.182. The highest BCUT2D eigenvalue weighted by Gasteiger charge is 2.00. The molecule has 0 unspecified atom stereocenters. The molecule has 1 aromatic rings. The van der Waals surface area contributed by atoms with Crippen LogP contribution in [0, 0.1) is 17.1 Å². The van der Waals surface area contributed by atoms with Crippen molar-refractivity contribution in [1.82, 2.24) is 0 Å². The summed E-state index contributed by atoms with van der Waals surface area (Å²) >= 11 is 0. The summed E-state index contributed by atoms with van der Waals surface area (Å²) in [4.78, 5) is 0. The van der Waals surface area contributed by atoms with Gasteiger partial charge in [-0.3, -0.25) is 0 Å². The largest absolute Gasteiger partial charge is 0.327 e. The van der Waals surface area contributed by atoms with Gasteiger partial charge in [0, 0.05) is 12.1 Å². The third-order valence-corrected chi connectivity index (χ3v) is 1.79. The molecule has 0 radical (unpaired) electrons. The van der Waals surface area contributed by atoms with E-state index in [9.17, 15) is 4.39 Å². The Morgan fingerprint density at radius 3 is 2.86 bits per heavy atom. The molecule has 3 heteroatoms. The van der Waals surface area contributed by atoms with Crippen LogP contribution in [0.2, 0.25) is 0 Å². The van der Waals surface area contributed by atoms with E-state index in [2.05, 4.69) is 0 Å². The van der Waals surface area contributed by atoms with Crippen LogP contribution in [0.5, 0.6) is 0 Å². The first-order valence-corrected chi connectivity index (χ1v) is 4.30. The van der Waals surface area contributed by atoms with Crippen LogP contribution in [0.15, 0.2) is 24.3 Å². The third kappa shape index (κ3) is 2.68. The molecular weight excluding hydrogens is 179 g/mol. The summed E-state index contributed by atoms with van der Waals surface area (Å²) < 4.78 is 13.2. The summed E-state index contributed by atoms with van der Waals surface area (Å²) in [6, 6.07) is 6.70. The van der Waals surface area contributed by atoms with E-state index in [1.807, 2.05) is 6.07 Å². The molecule has 72 valence electrons. The van der Waals surface area contributed by atoms with E-state index in [-0.39, 0.29) is 12.2 Å². The van der Waals surface area contributed by atoms with Gasteiger partial charge in [-0.05, 0) is 11.6 Å². The standard InChI is InChI=1S/C11H11FN2/c12-11-8-9(2-1-6-13)3-4-10(11)5-7-14/h1-4,8H,5-6,13H2. The van der Waals surface area contributed by atoms with Gasteiger partial charge in [-0.15, -0.1) is 0 Å². The molecule has 0 aromatic heterocycles. The maximum atomic E-state index is 13.2. The van der Waals surface area contributed by atoms with Crippen LogP contribution < -0.4 is 5.73 Å². The first kappa shape index (κ1) is 10.4. The summed E-state index contributed by atoms with van der Waals surface area (Å²) in [6.45, 7) is 0.432. The predicted octanol–water partition coefficient (Wildman–Crippen LogP) is 1.86. The van der Waals surface area contributed by atoms with Gasteiger partial charge in [0.05, 0.1) is 12.5 Å². The van der Waals surface area contributed by atoms with Crippen molar-refractivity contribution in [2.75, 3.05) is 6.54 Å². The highest BCUT2D eigenvalue weighted by molar-refractivity contribution is 5.50. The Morgan fingerprint density at radius 2 is 2.29 bits per heavy atom. The Balaban J connectivity index is 2.90. The molecular formula is C11H11FN2. The quantitative estimate of drug-likeness (QED) is 0.790. The van der Waals surface area contributed by atoms with E-state index < -0.39 is 0 Å². The van der Waals surface area contributed by atoms with Crippen molar-refractivity contribution >= 4 is 6.08 Å². The minimum absolute atomic E-state index is 0.104. The first-order chi connectivity index (χ1) is 6.77. The predicted molar refractivity (Wildman–Crippen MR) is 53.8 cm³/mol. The second-order valence-electron chi connectivity index (χ2n) is 2.82. The number of halogens is 1. The van der Waals surface area contributed by atoms with Crippen LogP contribution in [0.25, 0.3) is 6.08 Å². The lowest BCUT2D eigenvalue weighted by Gasteiger charge is -1.99. The minimum Gasteiger partial charge on any atom is -0.327 e. The Morgan fingerprint density at radius 1 is 1.50 bits per heavy atom. The van der Waals surface area contributed by atoms with Gasteiger partial charge < -0.3 is 5.73 Å². The van der Waals surface area contributed by atoms with Crippen LogP contribution in [0.1, 0.15) is 11.1 Å². The SMILES string of the molecule is N#CCc1ccc(C=CCN)cc1F. The monoisotopic (exact) mass is 190 g/mol. The second kappa shape index (κ2) is 5.15. The van der Waals surface area contributed by atoms with Gasteiger partial charge in [-0.1, -0.05) is 24.3 Å². The number of nitrogens with zero attached hydrogens (tertiary/aromatic N) is 1. The lowest BCUT2D eigenvalue weighted by Crippen LogP contribution is -1.93. The molecule has 2 N–H and O–H groups in total. The molecule has 2 nitrogen and oxygen atoms in total. The van der Waals surface area contributed by atoms with E-state index in [0.717, 1.165) is 5.56 Å². The number of benzene rings is 1. The summed E-state index contributed by atoms with van der Waals surface area (Å²) in [5, 5.41) is 8.41. The lowest BCUT2D eigenvalue weighted by atomic mass is 10.1. The first-order valence-electron chi connectivity index (χ1n) is 4.30. The number of rotatable bonds is 3. The van der Waals surface area contributed by atoms with Gasteiger partial charge in [0.25, 0.3) is 0 Å². The minimum atomic E-state index is -0.342. The molecule has 0 bridgehead atoms.